The molecule has 51 heavy (non-hydrogen) atoms. The minimum Gasteiger partial charge on any atom is -0.507 e. The van der Waals surface area contributed by atoms with Crippen molar-refractivity contribution in [3.8, 4) is 17.2 Å². The van der Waals surface area contributed by atoms with Gasteiger partial charge in [0.2, 0.25) is 12.1 Å². The number of aliphatic hydroxyl groups excluding tert-OH is 4. The van der Waals surface area contributed by atoms with E-state index in [0.717, 1.165) is 5.57 Å². The fraction of sp³-hybridized carbons (Fsp3) is 0.457. The minimum atomic E-state index is -2.11. The van der Waals surface area contributed by atoms with E-state index in [1.807, 2.05) is 6.08 Å². The van der Waals surface area contributed by atoms with Crippen LogP contribution in [-0.2, 0) is 17.7 Å². The Bertz CT molecular complexity index is 1760. The van der Waals surface area contributed by atoms with Crippen LogP contribution in [0.4, 0.5) is 0 Å². The number of phenols is 1. The summed E-state index contributed by atoms with van der Waals surface area (Å²) < 4.78 is 17.2. The third kappa shape index (κ3) is 7.37. The van der Waals surface area contributed by atoms with Gasteiger partial charge in [-0.25, -0.2) is 0 Å². The summed E-state index contributed by atoms with van der Waals surface area (Å²) in [5.41, 5.74) is 10.5. The highest BCUT2D eigenvalue weighted by Gasteiger charge is 2.55. The molecule has 2 aromatic rings. The van der Waals surface area contributed by atoms with E-state index in [9.17, 15) is 40.2 Å². The van der Waals surface area contributed by atoms with Crippen molar-refractivity contribution in [2.75, 3.05) is 33.9 Å². The number of hydrogen-bond donors (Lipinski definition) is 10. The van der Waals surface area contributed by atoms with E-state index >= 15 is 0 Å². The van der Waals surface area contributed by atoms with Crippen LogP contribution < -0.4 is 31.6 Å². The van der Waals surface area contributed by atoms with E-state index in [-0.39, 0.29) is 65.7 Å². The van der Waals surface area contributed by atoms with Crippen LogP contribution in [-0.4, -0.2) is 112 Å². The van der Waals surface area contributed by atoms with Crippen molar-refractivity contribution in [1.82, 2.24) is 10.6 Å². The third-order valence-corrected chi connectivity index (χ3v) is 9.50. The van der Waals surface area contributed by atoms with Gasteiger partial charge in [0.25, 0.3) is 0 Å². The molecule has 1 fully saturated rings. The van der Waals surface area contributed by atoms with Crippen molar-refractivity contribution < 1.29 is 54.4 Å². The lowest BCUT2D eigenvalue weighted by Gasteiger charge is -2.48. The number of rotatable bonds is 13. The number of aliphatic imine (C=N–C) groups is 1. The number of dihydropyridines is 1. The Balaban J connectivity index is 1.50. The molecule has 2 aliphatic heterocycles. The van der Waals surface area contributed by atoms with Gasteiger partial charge >= 0.3 is 0 Å². The maximum absolute atomic E-state index is 14.3. The molecule has 16 heteroatoms. The number of benzene rings is 2. The first-order chi connectivity index (χ1) is 24.4. The Morgan fingerprint density at radius 3 is 2.53 bits per heavy atom. The lowest BCUT2D eigenvalue weighted by molar-refractivity contribution is -0.314. The normalized spacial score (nSPS) is 24.6. The van der Waals surface area contributed by atoms with E-state index < -0.39 is 54.1 Å². The zero-order chi connectivity index (χ0) is 37.0. The van der Waals surface area contributed by atoms with Crippen LogP contribution in [0.5, 0.6) is 17.2 Å². The van der Waals surface area contributed by atoms with Crippen LogP contribution in [0.1, 0.15) is 68.7 Å². The summed E-state index contributed by atoms with van der Waals surface area (Å²) in [6, 6.07) is 4.17. The van der Waals surface area contributed by atoms with Crippen LogP contribution in [0.15, 0.2) is 46.7 Å². The molecule has 12 N–H and O–H groups in total. The highest BCUT2D eigenvalue weighted by atomic mass is 16.7. The predicted molar refractivity (Wildman–Crippen MR) is 183 cm³/mol. The van der Waals surface area contributed by atoms with E-state index in [1.54, 1.807) is 6.08 Å². The number of guanidine groups is 1. The van der Waals surface area contributed by atoms with Gasteiger partial charge in [0.15, 0.2) is 11.7 Å². The smallest absolute Gasteiger partial charge is 0.229 e. The molecule has 2 aromatic carbocycles. The maximum Gasteiger partial charge on any atom is 0.229 e. The first-order valence-electron chi connectivity index (χ1n) is 16.6. The van der Waals surface area contributed by atoms with Crippen molar-refractivity contribution in [1.29, 1.82) is 0 Å². The molecule has 16 nitrogen and oxygen atoms in total. The van der Waals surface area contributed by atoms with E-state index in [1.165, 1.54) is 32.4 Å². The molecule has 276 valence electrons. The largest absolute Gasteiger partial charge is 0.507 e. The van der Waals surface area contributed by atoms with Gasteiger partial charge in [-0.05, 0) is 61.4 Å². The van der Waals surface area contributed by atoms with Crippen molar-refractivity contribution >= 4 is 17.5 Å². The Kier molecular flexibility index (Phi) is 11.5. The molecule has 0 radical (unpaired) electrons. The van der Waals surface area contributed by atoms with Gasteiger partial charge in [-0.15, -0.1) is 0 Å². The number of aryl methyl sites for hydroxylation is 1. The average molecular weight is 712 g/mol. The second-order valence-corrected chi connectivity index (χ2v) is 12.6. The molecule has 0 aromatic heterocycles. The molecule has 1 saturated heterocycles. The number of allylic oxidation sites excluding steroid dienone is 2. The fourth-order valence-electron chi connectivity index (χ4n) is 6.62. The molecule has 5 atom stereocenters. The first kappa shape index (κ1) is 37.5. The summed E-state index contributed by atoms with van der Waals surface area (Å²) in [6.07, 6.45) is -1.93. The van der Waals surface area contributed by atoms with Gasteiger partial charge in [0, 0.05) is 49.5 Å². The number of nitrogens with one attached hydrogen (secondary N) is 2. The number of unbranched alkanes of at least 4 members (excludes halogenated alkanes) is 1. The summed E-state index contributed by atoms with van der Waals surface area (Å²) >= 11 is 0. The molecule has 5 unspecified atom stereocenters. The Labute approximate surface area is 294 Å². The van der Waals surface area contributed by atoms with Crippen molar-refractivity contribution in [2.24, 2.45) is 16.5 Å². The van der Waals surface area contributed by atoms with Crippen LogP contribution >= 0.6 is 0 Å². The number of methoxy groups -OCH3 is 1. The number of fused-ring (bicyclic) bond motifs is 2. The molecule has 5 rings (SSSR count). The number of ketones is 2. The Morgan fingerprint density at radius 2 is 1.86 bits per heavy atom. The van der Waals surface area contributed by atoms with Crippen molar-refractivity contribution in [3.05, 3.63) is 75.1 Å². The number of aliphatic hydroxyl groups is 5. The summed E-state index contributed by atoms with van der Waals surface area (Å²) in [6.45, 7) is -0.373. The van der Waals surface area contributed by atoms with Crippen LogP contribution in [0.2, 0.25) is 0 Å². The summed E-state index contributed by atoms with van der Waals surface area (Å²) in [5, 5.41) is 70.8. The summed E-state index contributed by atoms with van der Waals surface area (Å²) in [5.74, 6) is -1.51. The molecule has 0 saturated carbocycles. The molecule has 0 bridgehead atoms. The SMILES string of the molecule is CN=C(N)NCc1c(CCCCO)cc2c(c1O)C(=O)c1c(OC3OC(CO)C(O)(CCC4=CCNC(N)=C4)C(O)C3O)cc(OC)cc1C2=O. The van der Waals surface area contributed by atoms with Gasteiger partial charge in [-0.2, -0.15) is 0 Å². The lowest BCUT2D eigenvalue weighted by Crippen LogP contribution is -2.67. The third-order valence-electron chi connectivity index (χ3n) is 9.50. The molecular weight excluding hydrogens is 666 g/mol. The zero-order valence-electron chi connectivity index (χ0n) is 28.4. The Morgan fingerprint density at radius 1 is 1.12 bits per heavy atom. The van der Waals surface area contributed by atoms with Crippen LogP contribution in [0.3, 0.4) is 0 Å². The predicted octanol–water partition coefficient (Wildman–Crippen LogP) is -0.816. The highest BCUT2D eigenvalue weighted by molar-refractivity contribution is 6.30. The van der Waals surface area contributed by atoms with Gasteiger partial charge in [-0.1, -0.05) is 6.08 Å². The Hall–Kier alpha value is -4.71. The number of nitrogens with zero attached hydrogens (tertiary/aromatic N) is 1. The van der Waals surface area contributed by atoms with Crippen LogP contribution in [0, 0.1) is 0 Å². The number of aromatic hydroxyl groups is 1. The number of phenolic OH excluding ortho intramolecular Hbond substituents is 1. The maximum atomic E-state index is 14.3. The van der Waals surface area contributed by atoms with Gasteiger partial charge in [0.1, 0.15) is 41.2 Å². The second kappa shape index (κ2) is 15.7. The standard InChI is InChI=1S/C35H45N5O11/c1-38-34(37)40-15-22-18(5-3-4-10-41)12-20-27(29(22)44)30(45)26-21(28(20)43)13-19(49-2)14-23(26)50-33-31(46)32(47)35(48,24(16-42)51-33)8-6-17-7-9-39-25(36)11-17/h7,11-14,24,31-33,39,41-42,44,46-48H,3-6,8-10,15-16,36H2,1-2H3,(H3,37,38,40). The molecule has 0 spiro atoms. The lowest BCUT2D eigenvalue weighted by atomic mass is 9.79. The van der Waals surface area contributed by atoms with E-state index in [4.69, 9.17) is 25.7 Å². The van der Waals surface area contributed by atoms with Gasteiger partial charge < -0.3 is 67.0 Å². The molecule has 3 aliphatic rings. The monoisotopic (exact) mass is 711 g/mol. The molecule has 0 amide bonds. The number of carbonyl (C=O) groups excluding carboxylic acids is 2. The quantitative estimate of drug-likeness (QED) is 0.0590. The number of ether oxygens (including phenoxy) is 3. The fourth-order valence-corrected chi connectivity index (χ4v) is 6.62. The second-order valence-electron chi connectivity index (χ2n) is 12.6. The number of hydrogen-bond acceptors (Lipinski definition) is 14. The van der Waals surface area contributed by atoms with E-state index in [2.05, 4.69) is 15.6 Å². The van der Waals surface area contributed by atoms with Crippen molar-refractivity contribution in [3.63, 3.8) is 0 Å². The van der Waals surface area contributed by atoms with Crippen molar-refractivity contribution in [2.45, 2.75) is 68.9 Å². The van der Waals surface area contributed by atoms with Crippen LogP contribution in [0.25, 0.3) is 0 Å². The number of nitrogens with two attached hydrogens (primary N) is 2. The van der Waals surface area contributed by atoms with E-state index in [0.29, 0.717) is 42.8 Å². The van der Waals surface area contributed by atoms with Gasteiger partial charge in [0.05, 0.1) is 30.7 Å². The van der Waals surface area contributed by atoms with Gasteiger partial charge in [-0.3, -0.25) is 14.6 Å². The summed E-state index contributed by atoms with van der Waals surface area (Å²) in [7, 11) is 2.81. The minimum absolute atomic E-state index is 0.0274. The molecule has 1 aliphatic carbocycles. The average Bonchev–Trinajstić information content (AvgIpc) is 3.12. The molecule has 2 heterocycles. The summed E-state index contributed by atoms with van der Waals surface area (Å²) in [4.78, 5) is 32.2. The zero-order valence-corrected chi connectivity index (χ0v) is 28.4. The topological polar surface area (TPSA) is 272 Å². The number of carbonyl (C=O) groups is 2. The highest BCUT2D eigenvalue weighted by Crippen LogP contribution is 2.43. The first-order valence-corrected chi connectivity index (χ1v) is 16.6. The molecular formula is C35H45N5O11.